The van der Waals surface area contributed by atoms with Crippen LogP contribution < -0.4 is 5.32 Å². The van der Waals surface area contributed by atoms with Crippen molar-refractivity contribution in [1.82, 2.24) is 15.2 Å². The molecule has 2 N–H and O–H groups in total. The molecule has 1 aromatic heterocycles. The SMILES string of the molecule is O=C(NCCCN1CCC(O)CC1)c1cnc(-c2ccccc2)s1. The monoisotopic (exact) mass is 345 g/mol. The van der Waals surface area contributed by atoms with Gasteiger partial charge in [0.05, 0.1) is 12.3 Å². The van der Waals surface area contributed by atoms with Crippen LogP contribution in [-0.4, -0.2) is 53.2 Å². The van der Waals surface area contributed by atoms with E-state index in [0.717, 1.165) is 49.5 Å². The number of benzene rings is 1. The molecule has 24 heavy (non-hydrogen) atoms. The number of nitrogens with zero attached hydrogens (tertiary/aromatic N) is 2. The lowest BCUT2D eigenvalue weighted by Crippen LogP contribution is -2.37. The van der Waals surface area contributed by atoms with Gasteiger partial charge >= 0.3 is 0 Å². The van der Waals surface area contributed by atoms with Gasteiger partial charge in [-0.15, -0.1) is 11.3 Å². The number of carbonyl (C=O) groups excluding carboxylic acids is 1. The minimum Gasteiger partial charge on any atom is -0.393 e. The number of aliphatic hydroxyl groups excluding tert-OH is 1. The molecule has 0 unspecified atom stereocenters. The Balaban J connectivity index is 1.42. The zero-order chi connectivity index (χ0) is 16.8. The van der Waals surface area contributed by atoms with Crippen molar-refractivity contribution < 1.29 is 9.90 Å². The van der Waals surface area contributed by atoms with E-state index in [0.29, 0.717) is 11.4 Å². The zero-order valence-corrected chi connectivity index (χ0v) is 14.5. The number of thiazole rings is 1. The minimum atomic E-state index is -0.133. The highest BCUT2D eigenvalue weighted by atomic mass is 32.1. The summed E-state index contributed by atoms with van der Waals surface area (Å²) in [5.74, 6) is -0.0521. The maximum Gasteiger partial charge on any atom is 0.263 e. The number of likely N-dealkylation sites (tertiary alicyclic amines) is 1. The summed E-state index contributed by atoms with van der Waals surface area (Å²) in [7, 11) is 0. The van der Waals surface area contributed by atoms with Crippen LogP contribution in [0.15, 0.2) is 36.5 Å². The van der Waals surface area contributed by atoms with Gasteiger partial charge in [-0.05, 0) is 25.8 Å². The molecule has 1 aliphatic heterocycles. The van der Waals surface area contributed by atoms with E-state index < -0.39 is 0 Å². The summed E-state index contributed by atoms with van der Waals surface area (Å²) in [6.45, 7) is 3.52. The van der Waals surface area contributed by atoms with E-state index in [2.05, 4.69) is 15.2 Å². The summed E-state index contributed by atoms with van der Waals surface area (Å²) in [4.78, 5) is 19.5. The highest BCUT2D eigenvalue weighted by Gasteiger charge is 2.16. The number of hydrogen-bond acceptors (Lipinski definition) is 5. The van der Waals surface area contributed by atoms with Gasteiger partial charge < -0.3 is 15.3 Å². The predicted octanol–water partition coefficient (Wildman–Crippen LogP) is 2.39. The molecule has 128 valence electrons. The molecule has 2 aromatic rings. The van der Waals surface area contributed by atoms with Gasteiger partial charge in [-0.3, -0.25) is 4.79 Å². The molecule has 1 fully saturated rings. The lowest BCUT2D eigenvalue weighted by atomic mass is 10.1. The van der Waals surface area contributed by atoms with Crippen molar-refractivity contribution in [2.75, 3.05) is 26.2 Å². The summed E-state index contributed by atoms with van der Waals surface area (Å²) in [5, 5.41) is 13.3. The van der Waals surface area contributed by atoms with E-state index in [9.17, 15) is 9.90 Å². The largest absolute Gasteiger partial charge is 0.393 e. The van der Waals surface area contributed by atoms with Gasteiger partial charge in [-0.25, -0.2) is 4.98 Å². The molecule has 1 amide bonds. The first-order valence-corrected chi connectivity index (χ1v) is 9.24. The van der Waals surface area contributed by atoms with Gasteiger partial charge in [0, 0.05) is 25.2 Å². The van der Waals surface area contributed by atoms with Crippen LogP contribution in [0.25, 0.3) is 10.6 Å². The van der Waals surface area contributed by atoms with E-state index in [1.165, 1.54) is 11.3 Å². The number of amides is 1. The smallest absolute Gasteiger partial charge is 0.263 e. The molecule has 6 heteroatoms. The Hall–Kier alpha value is -1.76. The maximum absolute atomic E-state index is 12.2. The molecule has 0 atom stereocenters. The highest BCUT2D eigenvalue weighted by molar-refractivity contribution is 7.16. The van der Waals surface area contributed by atoms with Crippen LogP contribution in [0.2, 0.25) is 0 Å². The molecule has 0 saturated carbocycles. The van der Waals surface area contributed by atoms with E-state index in [1.807, 2.05) is 30.3 Å². The fourth-order valence-corrected chi connectivity index (χ4v) is 3.67. The average molecular weight is 345 g/mol. The predicted molar refractivity (Wildman–Crippen MR) is 96.2 cm³/mol. The first kappa shape index (κ1) is 17.1. The number of aromatic nitrogens is 1. The summed E-state index contributed by atoms with van der Waals surface area (Å²) < 4.78 is 0. The third kappa shape index (κ3) is 4.63. The standard InChI is InChI=1S/C18H23N3O2S/c22-15-7-11-21(12-8-15)10-4-9-19-17(23)16-13-20-18(24-16)14-5-2-1-3-6-14/h1-3,5-6,13,15,22H,4,7-12H2,(H,19,23). The summed E-state index contributed by atoms with van der Waals surface area (Å²) in [6, 6.07) is 9.89. The van der Waals surface area contributed by atoms with Crippen LogP contribution in [-0.2, 0) is 0 Å². The third-order valence-electron chi connectivity index (χ3n) is 4.24. The second kappa shape index (κ2) is 8.37. The van der Waals surface area contributed by atoms with E-state index in [1.54, 1.807) is 6.20 Å². The normalized spacial score (nSPS) is 16.2. The van der Waals surface area contributed by atoms with Crippen LogP contribution in [0, 0.1) is 0 Å². The Kier molecular flexibility index (Phi) is 5.96. The van der Waals surface area contributed by atoms with Crippen LogP contribution >= 0.6 is 11.3 Å². The molecular weight excluding hydrogens is 322 g/mol. The third-order valence-corrected chi connectivity index (χ3v) is 5.29. The molecule has 2 heterocycles. The Labute approximate surface area is 146 Å². The van der Waals surface area contributed by atoms with Gasteiger partial charge in [0.1, 0.15) is 9.88 Å². The van der Waals surface area contributed by atoms with Gasteiger partial charge in [0.15, 0.2) is 0 Å². The lowest BCUT2D eigenvalue weighted by Gasteiger charge is -2.29. The molecule has 3 rings (SSSR count). The summed E-state index contributed by atoms with van der Waals surface area (Å²) >= 11 is 1.42. The van der Waals surface area contributed by atoms with Crippen molar-refractivity contribution >= 4 is 17.2 Å². The number of carbonyl (C=O) groups is 1. The molecule has 0 radical (unpaired) electrons. The summed E-state index contributed by atoms with van der Waals surface area (Å²) in [5.41, 5.74) is 1.04. The topological polar surface area (TPSA) is 65.5 Å². The van der Waals surface area contributed by atoms with Gasteiger partial charge in [-0.2, -0.15) is 0 Å². The fraction of sp³-hybridized carbons (Fsp3) is 0.444. The van der Waals surface area contributed by atoms with Crippen molar-refractivity contribution in [3.8, 4) is 10.6 Å². The van der Waals surface area contributed by atoms with Crippen LogP contribution in [0.1, 0.15) is 28.9 Å². The maximum atomic E-state index is 12.2. The van der Waals surface area contributed by atoms with Crippen LogP contribution in [0.3, 0.4) is 0 Å². The molecule has 5 nitrogen and oxygen atoms in total. The van der Waals surface area contributed by atoms with Crippen molar-refractivity contribution in [3.63, 3.8) is 0 Å². The van der Waals surface area contributed by atoms with Gasteiger partial charge in [0.2, 0.25) is 0 Å². The Morgan fingerprint density at radius 1 is 1.29 bits per heavy atom. The minimum absolute atomic E-state index is 0.0521. The number of rotatable bonds is 6. The molecule has 0 bridgehead atoms. The number of piperidine rings is 1. The van der Waals surface area contributed by atoms with Crippen molar-refractivity contribution in [2.24, 2.45) is 0 Å². The molecule has 1 saturated heterocycles. The first-order valence-electron chi connectivity index (χ1n) is 8.42. The molecule has 0 aliphatic carbocycles. The second-order valence-corrected chi connectivity index (χ2v) is 7.11. The van der Waals surface area contributed by atoms with E-state index in [4.69, 9.17) is 0 Å². The molecular formula is C18H23N3O2S. The van der Waals surface area contributed by atoms with Crippen molar-refractivity contribution in [2.45, 2.75) is 25.4 Å². The van der Waals surface area contributed by atoms with Crippen LogP contribution in [0.4, 0.5) is 0 Å². The molecule has 1 aliphatic rings. The Morgan fingerprint density at radius 3 is 2.79 bits per heavy atom. The summed E-state index contributed by atoms with van der Waals surface area (Å²) in [6.07, 6.45) is 4.15. The number of aliphatic hydroxyl groups is 1. The van der Waals surface area contributed by atoms with Crippen molar-refractivity contribution in [3.05, 3.63) is 41.4 Å². The van der Waals surface area contributed by atoms with Gasteiger partial charge in [-0.1, -0.05) is 30.3 Å². The second-order valence-electron chi connectivity index (χ2n) is 6.08. The number of nitrogens with one attached hydrogen (secondary N) is 1. The lowest BCUT2D eigenvalue weighted by molar-refractivity contribution is 0.0816. The van der Waals surface area contributed by atoms with Gasteiger partial charge in [0.25, 0.3) is 5.91 Å². The average Bonchev–Trinajstić information content (AvgIpc) is 3.11. The molecule has 1 aromatic carbocycles. The quantitative estimate of drug-likeness (QED) is 0.789. The molecule has 0 spiro atoms. The Morgan fingerprint density at radius 2 is 2.04 bits per heavy atom. The van der Waals surface area contributed by atoms with Crippen molar-refractivity contribution in [1.29, 1.82) is 0 Å². The zero-order valence-electron chi connectivity index (χ0n) is 13.6. The first-order chi connectivity index (χ1) is 11.7. The number of hydrogen-bond donors (Lipinski definition) is 2. The highest BCUT2D eigenvalue weighted by Crippen LogP contribution is 2.24. The van der Waals surface area contributed by atoms with E-state index >= 15 is 0 Å². The van der Waals surface area contributed by atoms with E-state index in [-0.39, 0.29) is 12.0 Å². The Bertz CT molecular complexity index is 651. The van der Waals surface area contributed by atoms with Crippen LogP contribution in [0.5, 0.6) is 0 Å². The fourth-order valence-electron chi connectivity index (χ4n) is 2.83.